The summed E-state index contributed by atoms with van der Waals surface area (Å²) in [4.78, 5) is 0. The number of nitrogens with zero attached hydrogens (tertiary/aromatic N) is 2. The number of rotatable bonds is 2. The van der Waals surface area contributed by atoms with Crippen LogP contribution in [0.15, 0.2) is 42.5 Å². The Morgan fingerprint density at radius 1 is 1.00 bits per heavy atom. The van der Waals surface area contributed by atoms with Crippen molar-refractivity contribution in [2.75, 3.05) is 12.4 Å². The van der Waals surface area contributed by atoms with Gasteiger partial charge in [-0.25, -0.2) is 0 Å². The summed E-state index contributed by atoms with van der Waals surface area (Å²) in [6, 6.07) is 14.7. The maximum atomic E-state index is 4.33. The molecule has 0 amide bonds. The van der Waals surface area contributed by atoms with Gasteiger partial charge in [0, 0.05) is 12.6 Å². The van der Waals surface area contributed by atoms with Crippen LogP contribution in [0, 0.1) is 0 Å². The molecule has 3 aromatic rings. The normalized spacial score (nSPS) is 10.6. The quantitative estimate of drug-likeness (QED) is 0.747. The Kier molecular flexibility index (Phi) is 2.49. The molecule has 0 saturated heterocycles. The lowest BCUT2D eigenvalue weighted by Crippen LogP contribution is -1.90. The molecule has 17 heavy (non-hydrogen) atoms. The van der Waals surface area contributed by atoms with E-state index in [0.717, 1.165) is 17.1 Å². The standard InChI is InChI=1S/C13H11N3S/c1-14-13-12(15-17-16-13)11-7-6-9-4-2-3-5-10(9)8-11/h2-8H,1H3,(H,14,16). The molecule has 84 valence electrons. The summed E-state index contributed by atoms with van der Waals surface area (Å²) in [5.74, 6) is 0.838. The van der Waals surface area contributed by atoms with E-state index in [2.05, 4.69) is 44.4 Å². The zero-order valence-corrected chi connectivity index (χ0v) is 10.2. The maximum Gasteiger partial charge on any atom is 0.167 e. The van der Waals surface area contributed by atoms with Gasteiger partial charge in [-0.05, 0) is 16.8 Å². The zero-order chi connectivity index (χ0) is 11.7. The summed E-state index contributed by atoms with van der Waals surface area (Å²) < 4.78 is 8.54. The molecule has 0 bridgehead atoms. The summed E-state index contributed by atoms with van der Waals surface area (Å²) >= 11 is 1.23. The Labute approximate surface area is 103 Å². The lowest BCUT2D eigenvalue weighted by molar-refractivity contribution is 1.41. The van der Waals surface area contributed by atoms with Crippen molar-refractivity contribution in [2.24, 2.45) is 0 Å². The monoisotopic (exact) mass is 241 g/mol. The molecule has 0 spiro atoms. The van der Waals surface area contributed by atoms with Crippen LogP contribution in [0.2, 0.25) is 0 Å². The molecule has 0 radical (unpaired) electrons. The third-order valence-electron chi connectivity index (χ3n) is 2.75. The number of aromatic nitrogens is 2. The van der Waals surface area contributed by atoms with Gasteiger partial charge >= 0.3 is 0 Å². The maximum absolute atomic E-state index is 4.33. The summed E-state index contributed by atoms with van der Waals surface area (Å²) in [6.45, 7) is 0. The topological polar surface area (TPSA) is 37.8 Å². The summed E-state index contributed by atoms with van der Waals surface area (Å²) in [6.07, 6.45) is 0. The van der Waals surface area contributed by atoms with Gasteiger partial charge in [0.15, 0.2) is 5.82 Å². The van der Waals surface area contributed by atoms with Gasteiger partial charge in [0.05, 0.1) is 11.7 Å². The van der Waals surface area contributed by atoms with Gasteiger partial charge in [-0.3, -0.25) is 0 Å². The van der Waals surface area contributed by atoms with Crippen molar-refractivity contribution in [3.8, 4) is 11.3 Å². The molecule has 0 unspecified atom stereocenters. The van der Waals surface area contributed by atoms with E-state index in [9.17, 15) is 0 Å². The van der Waals surface area contributed by atoms with Gasteiger partial charge in [-0.2, -0.15) is 8.75 Å². The molecule has 3 rings (SSSR count). The summed E-state index contributed by atoms with van der Waals surface area (Å²) in [5.41, 5.74) is 2.02. The highest BCUT2D eigenvalue weighted by Crippen LogP contribution is 2.28. The Morgan fingerprint density at radius 2 is 1.82 bits per heavy atom. The van der Waals surface area contributed by atoms with Crippen LogP contribution in [0.5, 0.6) is 0 Å². The van der Waals surface area contributed by atoms with Crippen LogP contribution >= 0.6 is 11.7 Å². The molecular weight excluding hydrogens is 230 g/mol. The Morgan fingerprint density at radius 3 is 2.65 bits per heavy atom. The minimum Gasteiger partial charge on any atom is -0.370 e. The van der Waals surface area contributed by atoms with Crippen LogP contribution in [0.4, 0.5) is 5.82 Å². The fraction of sp³-hybridized carbons (Fsp3) is 0.0769. The highest BCUT2D eigenvalue weighted by atomic mass is 32.1. The highest BCUT2D eigenvalue weighted by molar-refractivity contribution is 6.99. The van der Waals surface area contributed by atoms with Crippen molar-refractivity contribution >= 4 is 28.3 Å². The first-order chi connectivity index (χ1) is 8.38. The van der Waals surface area contributed by atoms with Gasteiger partial charge in [0.2, 0.25) is 0 Å². The first kappa shape index (κ1) is 10.2. The lowest BCUT2D eigenvalue weighted by atomic mass is 10.1. The second-order valence-corrected chi connectivity index (χ2v) is 4.30. The summed E-state index contributed by atoms with van der Waals surface area (Å²) in [5, 5.41) is 5.52. The molecule has 3 nitrogen and oxygen atoms in total. The first-order valence-electron chi connectivity index (χ1n) is 5.38. The van der Waals surface area contributed by atoms with E-state index in [1.54, 1.807) is 0 Å². The van der Waals surface area contributed by atoms with Crippen molar-refractivity contribution in [1.82, 2.24) is 8.75 Å². The SMILES string of the molecule is CNc1nsnc1-c1ccc2ccccc2c1. The largest absolute Gasteiger partial charge is 0.370 e. The second kappa shape index (κ2) is 4.14. The van der Waals surface area contributed by atoms with Gasteiger partial charge in [-0.1, -0.05) is 36.4 Å². The van der Waals surface area contributed by atoms with Crippen molar-refractivity contribution in [2.45, 2.75) is 0 Å². The van der Waals surface area contributed by atoms with Crippen LogP contribution in [-0.4, -0.2) is 15.8 Å². The van der Waals surface area contributed by atoms with E-state index in [-0.39, 0.29) is 0 Å². The zero-order valence-electron chi connectivity index (χ0n) is 9.34. The summed E-state index contributed by atoms with van der Waals surface area (Å²) in [7, 11) is 1.86. The molecule has 1 aromatic heterocycles. The average Bonchev–Trinajstić information content (AvgIpc) is 2.86. The molecule has 0 aliphatic rings. The fourth-order valence-corrected chi connectivity index (χ4v) is 2.45. The number of nitrogens with one attached hydrogen (secondary N) is 1. The van der Waals surface area contributed by atoms with Gasteiger partial charge in [0.25, 0.3) is 0 Å². The Balaban J connectivity index is 2.18. The molecule has 0 saturated carbocycles. The number of anilines is 1. The average molecular weight is 241 g/mol. The van der Waals surface area contributed by atoms with E-state index in [1.165, 1.54) is 22.5 Å². The van der Waals surface area contributed by atoms with Crippen LogP contribution < -0.4 is 5.32 Å². The van der Waals surface area contributed by atoms with Crippen molar-refractivity contribution < 1.29 is 0 Å². The van der Waals surface area contributed by atoms with Crippen LogP contribution in [0.3, 0.4) is 0 Å². The first-order valence-corrected chi connectivity index (χ1v) is 6.11. The Hall–Kier alpha value is -1.94. The number of hydrogen-bond donors (Lipinski definition) is 1. The predicted molar refractivity (Wildman–Crippen MR) is 72.4 cm³/mol. The van der Waals surface area contributed by atoms with Crippen LogP contribution in [0.1, 0.15) is 0 Å². The van der Waals surface area contributed by atoms with Crippen LogP contribution in [0.25, 0.3) is 22.0 Å². The molecular formula is C13H11N3S. The van der Waals surface area contributed by atoms with Gasteiger partial charge in [0.1, 0.15) is 5.69 Å². The fourth-order valence-electron chi connectivity index (χ4n) is 1.88. The smallest absolute Gasteiger partial charge is 0.167 e. The highest BCUT2D eigenvalue weighted by Gasteiger charge is 2.09. The minimum absolute atomic E-state index is 0.838. The third kappa shape index (κ3) is 1.76. The van der Waals surface area contributed by atoms with Gasteiger partial charge < -0.3 is 5.32 Å². The van der Waals surface area contributed by atoms with Crippen molar-refractivity contribution in [3.05, 3.63) is 42.5 Å². The van der Waals surface area contributed by atoms with Crippen molar-refractivity contribution in [1.29, 1.82) is 0 Å². The van der Waals surface area contributed by atoms with E-state index >= 15 is 0 Å². The van der Waals surface area contributed by atoms with E-state index in [4.69, 9.17) is 0 Å². The van der Waals surface area contributed by atoms with Crippen LogP contribution in [-0.2, 0) is 0 Å². The molecule has 0 aliphatic heterocycles. The molecule has 0 aliphatic carbocycles. The molecule has 2 aromatic carbocycles. The third-order valence-corrected chi connectivity index (χ3v) is 3.28. The predicted octanol–water partition coefficient (Wildman–Crippen LogP) is 3.40. The minimum atomic E-state index is 0.838. The molecule has 0 atom stereocenters. The lowest BCUT2D eigenvalue weighted by Gasteiger charge is -2.02. The number of hydrogen-bond acceptors (Lipinski definition) is 4. The Bertz CT molecular complexity index is 660. The van der Waals surface area contributed by atoms with Gasteiger partial charge in [-0.15, -0.1) is 0 Å². The van der Waals surface area contributed by atoms with Crippen molar-refractivity contribution in [3.63, 3.8) is 0 Å². The molecule has 1 N–H and O–H groups in total. The van der Waals surface area contributed by atoms with E-state index in [0.29, 0.717) is 0 Å². The molecule has 4 heteroatoms. The number of benzene rings is 2. The van der Waals surface area contributed by atoms with E-state index in [1.807, 2.05) is 19.2 Å². The number of fused-ring (bicyclic) bond motifs is 1. The molecule has 0 fully saturated rings. The second-order valence-electron chi connectivity index (χ2n) is 3.77. The molecule has 1 heterocycles. The van der Waals surface area contributed by atoms with E-state index < -0.39 is 0 Å².